The van der Waals surface area contributed by atoms with Gasteiger partial charge in [-0.2, -0.15) is 0 Å². The van der Waals surface area contributed by atoms with Crippen molar-refractivity contribution in [1.29, 1.82) is 0 Å². The van der Waals surface area contributed by atoms with Crippen molar-refractivity contribution in [2.75, 3.05) is 12.9 Å². The Bertz CT molecular complexity index is 408. The number of methoxy groups -OCH3 is 1. The normalized spacial score (nSPS) is 11.3. The van der Waals surface area contributed by atoms with E-state index in [-0.39, 0.29) is 11.2 Å². The van der Waals surface area contributed by atoms with Gasteiger partial charge in [0.25, 0.3) is 0 Å². The molecule has 0 amide bonds. The van der Waals surface area contributed by atoms with Crippen molar-refractivity contribution in [2.45, 2.75) is 31.1 Å². The summed E-state index contributed by atoms with van der Waals surface area (Å²) in [4.78, 5) is 11.5. The third-order valence-electron chi connectivity index (χ3n) is 2.34. The Kier molecular flexibility index (Phi) is 4.46. The number of benzene rings is 1. The molecule has 1 N–H and O–H groups in total. The molecule has 0 spiro atoms. The Balaban J connectivity index is 3.01. The van der Waals surface area contributed by atoms with Gasteiger partial charge in [-0.1, -0.05) is 20.8 Å². The molecular formula is C13H18O3S. The topological polar surface area (TPSA) is 46.5 Å². The zero-order valence-electron chi connectivity index (χ0n) is 10.6. The maximum atomic E-state index is 10.5. The number of thioether (sulfide) groups is 1. The average Bonchev–Trinajstić information content (AvgIpc) is 2.24. The Morgan fingerprint density at radius 1 is 1.41 bits per heavy atom. The van der Waals surface area contributed by atoms with Crippen molar-refractivity contribution >= 4 is 17.7 Å². The van der Waals surface area contributed by atoms with Crippen LogP contribution >= 0.6 is 11.8 Å². The summed E-state index contributed by atoms with van der Waals surface area (Å²) >= 11 is 1.32. The minimum atomic E-state index is -0.803. The quantitative estimate of drug-likeness (QED) is 0.838. The van der Waals surface area contributed by atoms with Gasteiger partial charge in [-0.15, -0.1) is 11.8 Å². The summed E-state index contributed by atoms with van der Waals surface area (Å²) in [5.74, 6) is 0.121. The summed E-state index contributed by atoms with van der Waals surface area (Å²) in [6, 6.07) is 5.79. The molecule has 0 unspecified atom stereocenters. The summed E-state index contributed by atoms with van der Waals surface area (Å²) < 4.78 is 5.33. The summed E-state index contributed by atoms with van der Waals surface area (Å²) in [7, 11) is 1.65. The van der Waals surface area contributed by atoms with Gasteiger partial charge in [0.2, 0.25) is 0 Å². The second-order valence-corrected chi connectivity index (χ2v) is 5.84. The fourth-order valence-electron chi connectivity index (χ4n) is 1.51. The molecule has 1 aromatic carbocycles. The zero-order chi connectivity index (χ0) is 13.1. The number of carbonyl (C=O) groups is 1. The smallest absolute Gasteiger partial charge is 0.313 e. The number of ether oxygens (including phenoxy) is 1. The first-order chi connectivity index (χ1) is 7.84. The Hall–Kier alpha value is -1.16. The van der Waals surface area contributed by atoms with E-state index in [2.05, 4.69) is 20.8 Å². The largest absolute Gasteiger partial charge is 0.496 e. The van der Waals surface area contributed by atoms with Crippen LogP contribution in [0.3, 0.4) is 0 Å². The van der Waals surface area contributed by atoms with E-state index in [4.69, 9.17) is 9.84 Å². The molecule has 0 aliphatic rings. The fourth-order valence-corrected chi connectivity index (χ4v) is 2.16. The van der Waals surface area contributed by atoms with E-state index in [1.54, 1.807) is 7.11 Å². The van der Waals surface area contributed by atoms with Gasteiger partial charge in [0.15, 0.2) is 0 Å². The lowest BCUT2D eigenvalue weighted by Gasteiger charge is -2.22. The van der Waals surface area contributed by atoms with Gasteiger partial charge in [-0.05, 0) is 23.6 Å². The van der Waals surface area contributed by atoms with E-state index in [0.717, 1.165) is 16.2 Å². The van der Waals surface area contributed by atoms with E-state index < -0.39 is 5.97 Å². The van der Waals surface area contributed by atoms with Crippen molar-refractivity contribution < 1.29 is 14.6 Å². The second kappa shape index (κ2) is 5.45. The maximum absolute atomic E-state index is 10.5. The van der Waals surface area contributed by atoms with Crippen molar-refractivity contribution in [2.24, 2.45) is 0 Å². The summed E-state index contributed by atoms with van der Waals surface area (Å²) in [6.07, 6.45) is 0. The van der Waals surface area contributed by atoms with E-state index in [1.807, 2.05) is 18.2 Å². The highest BCUT2D eigenvalue weighted by Gasteiger charge is 2.19. The summed E-state index contributed by atoms with van der Waals surface area (Å²) in [6.45, 7) is 6.32. The molecule has 94 valence electrons. The minimum Gasteiger partial charge on any atom is -0.496 e. The molecular weight excluding hydrogens is 236 g/mol. The molecule has 0 bridgehead atoms. The Morgan fingerprint density at radius 3 is 2.53 bits per heavy atom. The highest BCUT2D eigenvalue weighted by Crippen LogP contribution is 2.34. The predicted molar refractivity (Wildman–Crippen MR) is 70.1 cm³/mol. The van der Waals surface area contributed by atoms with Crippen LogP contribution < -0.4 is 4.74 Å². The molecule has 1 aromatic rings. The SMILES string of the molecule is COc1ccc(SCC(=O)O)cc1C(C)(C)C. The molecule has 3 nitrogen and oxygen atoms in total. The van der Waals surface area contributed by atoms with Gasteiger partial charge in [0.1, 0.15) is 5.75 Å². The summed E-state index contributed by atoms with van der Waals surface area (Å²) in [5, 5.41) is 8.66. The van der Waals surface area contributed by atoms with Crippen molar-refractivity contribution in [3.05, 3.63) is 23.8 Å². The van der Waals surface area contributed by atoms with Gasteiger partial charge < -0.3 is 9.84 Å². The third kappa shape index (κ3) is 3.97. The zero-order valence-corrected chi connectivity index (χ0v) is 11.4. The molecule has 0 saturated heterocycles. The van der Waals surface area contributed by atoms with Crippen LogP contribution in [0.2, 0.25) is 0 Å². The van der Waals surface area contributed by atoms with Crippen LogP contribution in [0.15, 0.2) is 23.1 Å². The number of rotatable bonds is 4. The number of hydrogen-bond donors (Lipinski definition) is 1. The molecule has 0 saturated carbocycles. The van der Waals surface area contributed by atoms with Gasteiger partial charge in [-0.3, -0.25) is 4.79 Å². The maximum Gasteiger partial charge on any atom is 0.313 e. The van der Waals surface area contributed by atoms with Gasteiger partial charge in [-0.25, -0.2) is 0 Å². The Labute approximate surface area is 106 Å². The van der Waals surface area contributed by atoms with Gasteiger partial charge >= 0.3 is 5.97 Å². The Morgan fingerprint density at radius 2 is 2.06 bits per heavy atom. The highest BCUT2D eigenvalue weighted by atomic mass is 32.2. The first-order valence-corrected chi connectivity index (χ1v) is 6.36. The van der Waals surface area contributed by atoms with Gasteiger partial charge in [0, 0.05) is 10.5 Å². The highest BCUT2D eigenvalue weighted by molar-refractivity contribution is 8.00. The van der Waals surface area contributed by atoms with Crippen LogP contribution in [0.5, 0.6) is 5.75 Å². The van der Waals surface area contributed by atoms with Crippen molar-refractivity contribution in [1.82, 2.24) is 0 Å². The van der Waals surface area contributed by atoms with Crippen LogP contribution in [0.25, 0.3) is 0 Å². The first-order valence-electron chi connectivity index (χ1n) is 5.37. The fraction of sp³-hybridized carbons (Fsp3) is 0.462. The molecule has 0 atom stereocenters. The monoisotopic (exact) mass is 254 g/mol. The van der Waals surface area contributed by atoms with Crippen LogP contribution in [0.4, 0.5) is 0 Å². The molecule has 0 aliphatic carbocycles. The standard InChI is InChI=1S/C13H18O3S/c1-13(2,3)10-7-9(17-8-12(14)15)5-6-11(10)16-4/h5-7H,8H2,1-4H3,(H,14,15). The molecule has 0 fully saturated rings. The molecule has 4 heteroatoms. The molecule has 0 aliphatic heterocycles. The van der Waals surface area contributed by atoms with Crippen LogP contribution in [-0.4, -0.2) is 23.9 Å². The lowest BCUT2D eigenvalue weighted by Crippen LogP contribution is -2.13. The second-order valence-electron chi connectivity index (χ2n) is 4.79. The third-order valence-corrected chi connectivity index (χ3v) is 3.32. The lowest BCUT2D eigenvalue weighted by atomic mass is 9.86. The molecule has 1 rings (SSSR count). The number of carboxylic acid groups (broad SMARTS) is 1. The van der Waals surface area contributed by atoms with E-state index in [9.17, 15) is 4.79 Å². The predicted octanol–water partition coefficient (Wildman–Crippen LogP) is 3.17. The number of carboxylic acids is 1. The van der Waals surface area contributed by atoms with Crippen molar-refractivity contribution in [3.8, 4) is 5.75 Å². The molecule has 0 aromatic heterocycles. The number of hydrogen-bond acceptors (Lipinski definition) is 3. The van der Waals surface area contributed by atoms with Crippen LogP contribution in [0, 0.1) is 0 Å². The van der Waals surface area contributed by atoms with E-state index in [1.165, 1.54) is 11.8 Å². The van der Waals surface area contributed by atoms with E-state index >= 15 is 0 Å². The summed E-state index contributed by atoms with van der Waals surface area (Å²) in [5.41, 5.74) is 1.07. The van der Waals surface area contributed by atoms with Gasteiger partial charge in [0.05, 0.1) is 12.9 Å². The van der Waals surface area contributed by atoms with E-state index in [0.29, 0.717) is 0 Å². The average molecular weight is 254 g/mol. The van der Waals surface area contributed by atoms with Crippen LogP contribution in [0.1, 0.15) is 26.3 Å². The first kappa shape index (κ1) is 13.9. The molecule has 0 heterocycles. The minimum absolute atomic E-state index is 0.0227. The lowest BCUT2D eigenvalue weighted by molar-refractivity contribution is -0.133. The van der Waals surface area contributed by atoms with Crippen molar-refractivity contribution in [3.63, 3.8) is 0 Å². The molecule has 17 heavy (non-hydrogen) atoms. The molecule has 0 radical (unpaired) electrons. The van der Waals surface area contributed by atoms with Crippen LogP contribution in [-0.2, 0) is 10.2 Å². The number of aliphatic carboxylic acids is 1.